The number of carbonyl (C=O) groups excluding carboxylic acids is 2. The van der Waals surface area contributed by atoms with E-state index in [9.17, 15) is 18.0 Å². The molecule has 3 rings (SSSR count). The van der Waals surface area contributed by atoms with Crippen molar-refractivity contribution in [1.29, 1.82) is 0 Å². The normalized spacial score (nSPS) is 22.9. The van der Waals surface area contributed by atoms with E-state index in [1.807, 2.05) is 0 Å². The first kappa shape index (κ1) is 23.2. The molecular formula is C21H28N2O7S. The van der Waals surface area contributed by atoms with Crippen molar-refractivity contribution in [2.75, 3.05) is 45.5 Å². The van der Waals surface area contributed by atoms with Crippen LogP contribution in [0.25, 0.3) is 0 Å². The number of nitrogens with zero attached hydrogens (tertiary/aromatic N) is 2. The fourth-order valence-electron chi connectivity index (χ4n) is 4.10. The van der Waals surface area contributed by atoms with E-state index in [0.717, 1.165) is 6.42 Å². The Kier molecular flexibility index (Phi) is 7.03. The highest BCUT2D eigenvalue weighted by molar-refractivity contribution is 7.89. The average Bonchev–Trinajstić information content (AvgIpc) is 2.76. The van der Waals surface area contributed by atoms with E-state index in [4.69, 9.17) is 14.2 Å². The number of sulfonamides is 1. The SMILES string of the molecule is COC(=O)C1=C(C(=O)OC)N(c2ccc(S(=O)(=O)N3CC(C)CC(C)C3)cc2)COC1. The summed E-state index contributed by atoms with van der Waals surface area (Å²) in [4.78, 5) is 26.1. The first-order valence-electron chi connectivity index (χ1n) is 10.0. The lowest BCUT2D eigenvalue weighted by Gasteiger charge is -2.34. The van der Waals surface area contributed by atoms with Gasteiger partial charge < -0.3 is 19.1 Å². The number of anilines is 1. The summed E-state index contributed by atoms with van der Waals surface area (Å²) in [6.45, 7) is 5.00. The van der Waals surface area contributed by atoms with Gasteiger partial charge in [-0.15, -0.1) is 0 Å². The number of hydrogen-bond acceptors (Lipinski definition) is 8. The molecule has 9 nitrogen and oxygen atoms in total. The van der Waals surface area contributed by atoms with Gasteiger partial charge in [0.1, 0.15) is 12.4 Å². The Labute approximate surface area is 182 Å². The predicted octanol–water partition coefficient (Wildman–Crippen LogP) is 1.75. The number of carbonyl (C=O) groups is 2. The number of hydrogen-bond donors (Lipinski definition) is 0. The monoisotopic (exact) mass is 452 g/mol. The molecule has 0 aliphatic carbocycles. The molecule has 0 bridgehead atoms. The summed E-state index contributed by atoms with van der Waals surface area (Å²) in [7, 11) is -1.20. The minimum atomic E-state index is -3.63. The molecule has 1 aromatic carbocycles. The largest absolute Gasteiger partial charge is 0.466 e. The van der Waals surface area contributed by atoms with Gasteiger partial charge in [-0.1, -0.05) is 13.8 Å². The Hall–Kier alpha value is -2.43. The molecule has 2 aliphatic heterocycles. The van der Waals surface area contributed by atoms with Gasteiger partial charge >= 0.3 is 11.9 Å². The molecule has 0 amide bonds. The van der Waals surface area contributed by atoms with Crippen LogP contribution in [-0.4, -0.2) is 65.3 Å². The maximum absolute atomic E-state index is 13.1. The molecule has 0 aromatic heterocycles. The van der Waals surface area contributed by atoms with Crippen molar-refractivity contribution in [1.82, 2.24) is 4.31 Å². The van der Waals surface area contributed by atoms with E-state index in [1.165, 1.54) is 35.6 Å². The maximum atomic E-state index is 13.1. The molecule has 0 N–H and O–H groups in total. The number of benzene rings is 1. The summed E-state index contributed by atoms with van der Waals surface area (Å²) in [5.74, 6) is -0.810. The fourth-order valence-corrected chi connectivity index (χ4v) is 5.78. The second-order valence-electron chi connectivity index (χ2n) is 7.98. The van der Waals surface area contributed by atoms with Gasteiger partial charge in [0.15, 0.2) is 0 Å². The van der Waals surface area contributed by atoms with Crippen LogP contribution in [0, 0.1) is 11.8 Å². The molecule has 1 saturated heterocycles. The lowest BCUT2D eigenvalue weighted by Crippen LogP contribution is -2.42. The smallest absolute Gasteiger partial charge is 0.355 e. The number of esters is 2. The van der Waals surface area contributed by atoms with Crippen molar-refractivity contribution in [3.05, 3.63) is 35.5 Å². The van der Waals surface area contributed by atoms with E-state index >= 15 is 0 Å². The zero-order chi connectivity index (χ0) is 22.8. The van der Waals surface area contributed by atoms with E-state index in [2.05, 4.69) is 13.8 Å². The van der Waals surface area contributed by atoms with Crippen LogP contribution in [0.1, 0.15) is 20.3 Å². The molecule has 0 spiro atoms. The van der Waals surface area contributed by atoms with Crippen molar-refractivity contribution in [3.8, 4) is 0 Å². The van der Waals surface area contributed by atoms with Crippen LogP contribution in [0.4, 0.5) is 5.69 Å². The molecule has 2 heterocycles. The van der Waals surface area contributed by atoms with Gasteiger partial charge in [-0.25, -0.2) is 18.0 Å². The molecule has 31 heavy (non-hydrogen) atoms. The van der Waals surface area contributed by atoms with E-state index in [0.29, 0.717) is 30.6 Å². The number of methoxy groups -OCH3 is 2. The summed E-state index contributed by atoms with van der Waals surface area (Å²) in [6, 6.07) is 6.15. The van der Waals surface area contributed by atoms with Gasteiger partial charge in [-0.2, -0.15) is 4.31 Å². The van der Waals surface area contributed by atoms with Gasteiger partial charge in [0.2, 0.25) is 10.0 Å². The molecule has 2 atom stereocenters. The third kappa shape index (κ3) is 4.76. The molecule has 1 fully saturated rings. The number of rotatable bonds is 5. The van der Waals surface area contributed by atoms with Gasteiger partial charge in [-0.05, 0) is 42.5 Å². The van der Waals surface area contributed by atoms with Crippen LogP contribution in [0.3, 0.4) is 0 Å². The van der Waals surface area contributed by atoms with Crippen molar-refractivity contribution in [2.45, 2.75) is 25.2 Å². The topological polar surface area (TPSA) is 102 Å². The first-order chi connectivity index (χ1) is 14.7. The van der Waals surface area contributed by atoms with E-state index in [1.54, 1.807) is 12.1 Å². The van der Waals surface area contributed by atoms with Gasteiger partial charge in [0, 0.05) is 18.8 Å². The Morgan fingerprint density at radius 1 is 1.00 bits per heavy atom. The van der Waals surface area contributed by atoms with Gasteiger partial charge in [0.25, 0.3) is 0 Å². The van der Waals surface area contributed by atoms with Crippen molar-refractivity contribution in [2.24, 2.45) is 11.8 Å². The molecule has 0 radical (unpaired) electrons. The Morgan fingerprint density at radius 2 is 1.58 bits per heavy atom. The minimum absolute atomic E-state index is 0.00181. The van der Waals surface area contributed by atoms with Crippen LogP contribution in [-0.2, 0) is 33.8 Å². The number of piperidine rings is 1. The van der Waals surface area contributed by atoms with Crippen molar-refractivity contribution >= 4 is 27.6 Å². The van der Waals surface area contributed by atoms with Gasteiger partial charge in [0.05, 0.1) is 31.3 Å². The Bertz CT molecular complexity index is 962. The molecule has 2 aliphatic rings. The van der Waals surface area contributed by atoms with Crippen LogP contribution in [0.15, 0.2) is 40.4 Å². The molecule has 2 unspecified atom stereocenters. The van der Waals surface area contributed by atoms with Crippen LogP contribution in [0.5, 0.6) is 0 Å². The highest BCUT2D eigenvalue weighted by Gasteiger charge is 2.34. The van der Waals surface area contributed by atoms with Crippen LogP contribution in [0.2, 0.25) is 0 Å². The zero-order valence-corrected chi connectivity index (χ0v) is 19.0. The second kappa shape index (κ2) is 9.37. The van der Waals surface area contributed by atoms with E-state index in [-0.39, 0.29) is 29.5 Å². The van der Waals surface area contributed by atoms with Crippen molar-refractivity contribution in [3.63, 3.8) is 0 Å². The molecule has 0 saturated carbocycles. The minimum Gasteiger partial charge on any atom is -0.466 e. The third-order valence-corrected chi connectivity index (χ3v) is 7.30. The predicted molar refractivity (Wildman–Crippen MR) is 113 cm³/mol. The lowest BCUT2D eigenvalue weighted by molar-refractivity contribution is -0.140. The molecule has 170 valence electrons. The van der Waals surface area contributed by atoms with Crippen LogP contribution < -0.4 is 4.90 Å². The fraction of sp³-hybridized carbons (Fsp3) is 0.524. The first-order valence-corrected chi connectivity index (χ1v) is 11.5. The Balaban J connectivity index is 1.93. The second-order valence-corrected chi connectivity index (χ2v) is 9.92. The molecular weight excluding hydrogens is 424 g/mol. The highest BCUT2D eigenvalue weighted by Crippen LogP contribution is 2.30. The molecule has 10 heteroatoms. The molecule has 1 aromatic rings. The summed E-state index contributed by atoms with van der Waals surface area (Å²) in [5, 5.41) is 0. The maximum Gasteiger partial charge on any atom is 0.355 e. The zero-order valence-electron chi connectivity index (χ0n) is 18.2. The Morgan fingerprint density at radius 3 is 2.13 bits per heavy atom. The summed E-state index contributed by atoms with van der Waals surface area (Å²) >= 11 is 0. The summed E-state index contributed by atoms with van der Waals surface area (Å²) in [6.07, 6.45) is 1.01. The quantitative estimate of drug-likeness (QED) is 0.623. The average molecular weight is 453 g/mol. The van der Waals surface area contributed by atoms with Gasteiger partial charge in [-0.3, -0.25) is 0 Å². The standard InChI is InChI=1S/C21H28N2O7S/c1-14-9-15(2)11-22(10-14)31(26,27)17-7-5-16(6-8-17)23-13-30-12-18(20(24)28-3)19(23)21(25)29-4/h5-8,14-15H,9-13H2,1-4H3. The highest BCUT2D eigenvalue weighted by atomic mass is 32.2. The lowest BCUT2D eigenvalue weighted by atomic mass is 9.94. The number of ether oxygens (including phenoxy) is 3. The van der Waals surface area contributed by atoms with Crippen LogP contribution >= 0.6 is 0 Å². The third-order valence-electron chi connectivity index (χ3n) is 5.45. The summed E-state index contributed by atoms with van der Waals surface area (Å²) < 4.78 is 42.8. The van der Waals surface area contributed by atoms with Crippen molar-refractivity contribution < 1.29 is 32.2 Å². The summed E-state index contributed by atoms with van der Waals surface area (Å²) in [5.41, 5.74) is 0.532. The van der Waals surface area contributed by atoms with E-state index < -0.39 is 22.0 Å².